The largest absolute Gasteiger partial charge is 0.497 e. The van der Waals surface area contributed by atoms with Crippen molar-refractivity contribution in [2.24, 2.45) is 0 Å². The number of carbonyl (C=O) groups is 1. The summed E-state index contributed by atoms with van der Waals surface area (Å²) >= 11 is 0. The van der Waals surface area contributed by atoms with Gasteiger partial charge < -0.3 is 14.0 Å². The molecular weight excluding hydrogens is 458 g/mol. The minimum atomic E-state index is -0.454. The maximum Gasteiger partial charge on any atom is 0.342 e. The fourth-order valence-electron chi connectivity index (χ4n) is 3.63. The van der Waals surface area contributed by atoms with Gasteiger partial charge in [0.05, 0.1) is 19.4 Å². The molecule has 2 aromatic carbocycles. The Morgan fingerprint density at radius 3 is 2.58 bits per heavy atom. The number of hydrogen-bond acceptors (Lipinski definition) is 8. The highest BCUT2D eigenvalue weighted by molar-refractivity contribution is 5.96. The molecule has 0 aliphatic heterocycles. The van der Waals surface area contributed by atoms with E-state index in [1.807, 2.05) is 66.7 Å². The molecule has 0 unspecified atom stereocenters. The lowest BCUT2D eigenvalue weighted by atomic mass is 10.1. The average molecular weight is 482 g/mol. The number of ether oxygens (including phenoxy) is 2. The fraction of sp³-hybridized carbons (Fsp3) is 0.148. The normalized spacial score (nSPS) is 10.8. The van der Waals surface area contributed by atoms with E-state index >= 15 is 0 Å². The zero-order valence-electron chi connectivity index (χ0n) is 19.6. The van der Waals surface area contributed by atoms with E-state index in [0.717, 1.165) is 22.6 Å². The van der Waals surface area contributed by atoms with E-state index in [4.69, 9.17) is 14.0 Å². The van der Waals surface area contributed by atoms with Crippen LogP contribution >= 0.6 is 0 Å². The van der Waals surface area contributed by atoms with E-state index in [-0.39, 0.29) is 6.61 Å². The Kier molecular flexibility index (Phi) is 6.79. The average Bonchev–Trinajstić information content (AvgIpc) is 3.60. The van der Waals surface area contributed by atoms with Crippen molar-refractivity contribution >= 4 is 5.97 Å². The van der Waals surface area contributed by atoms with Crippen molar-refractivity contribution in [3.63, 3.8) is 0 Å². The molecule has 0 aliphatic rings. The van der Waals surface area contributed by atoms with Gasteiger partial charge in [0.15, 0.2) is 0 Å². The summed E-state index contributed by atoms with van der Waals surface area (Å²) in [5.41, 5.74) is 3.31. The van der Waals surface area contributed by atoms with Gasteiger partial charge in [-0.2, -0.15) is 10.1 Å². The molecule has 9 heteroatoms. The second kappa shape index (κ2) is 10.6. The van der Waals surface area contributed by atoms with Crippen LogP contribution in [0.1, 0.15) is 22.7 Å². The summed E-state index contributed by atoms with van der Waals surface area (Å²) in [5, 5.41) is 8.65. The lowest BCUT2D eigenvalue weighted by Crippen LogP contribution is -2.08. The second-order valence-corrected chi connectivity index (χ2v) is 7.89. The molecule has 0 amide bonds. The van der Waals surface area contributed by atoms with Crippen LogP contribution in [0.5, 0.6) is 5.75 Å². The first-order valence-corrected chi connectivity index (χ1v) is 11.4. The van der Waals surface area contributed by atoms with E-state index in [1.165, 1.54) is 0 Å². The molecule has 0 saturated heterocycles. The van der Waals surface area contributed by atoms with E-state index in [9.17, 15) is 4.79 Å². The molecule has 0 N–H and O–H groups in total. The summed E-state index contributed by atoms with van der Waals surface area (Å²) in [4.78, 5) is 21.5. The molecule has 0 spiro atoms. The monoisotopic (exact) mass is 481 g/mol. The first-order chi connectivity index (χ1) is 17.7. The number of rotatable bonds is 9. The number of aromatic nitrogens is 5. The van der Waals surface area contributed by atoms with Crippen LogP contribution in [0.3, 0.4) is 0 Å². The van der Waals surface area contributed by atoms with Crippen LogP contribution in [0.15, 0.2) is 89.8 Å². The number of esters is 1. The molecule has 9 nitrogen and oxygen atoms in total. The zero-order chi connectivity index (χ0) is 24.7. The SMILES string of the molecule is COc1ccc(-c2nn(-c3ccccc3)cc2C(=O)OCCCc2nc(-c3cccnc3)no2)cc1. The molecule has 0 radical (unpaired) electrons. The molecular formula is C27H23N5O4. The Bertz CT molecular complexity index is 1430. The number of nitrogens with zero attached hydrogens (tertiary/aromatic N) is 5. The van der Waals surface area contributed by atoms with Crippen LogP contribution in [-0.4, -0.2) is 44.6 Å². The quantitative estimate of drug-likeness (QED) is 0.219. The van der Waals surface area contributed by atoms with Crippen molar-refractivity contribution in [2.45, 2.75) is 12.8 Å². The molecule has 5 aromatic rings. The van der Waals surface area contributed by atoms with Crippen molar-refractivity contribution in [1.82, 2.24) is 24.9 Å². The van der Waals surface area contributed by atoms with E-state index < -0.39 is 5.97 Å². The number of aryl methyl sites for hydroxylation is 1. The lowest BCUT2D eigenvalue weighted by Gasteiger charge is -2.05. The molecule has 0 bridgehead atoms. The van der Waals surface area contributed by atoms with Crippen LogP contribution in [0.2, 0.25) is 0 Å². The molecule has 36 heavy (non-hydrogen) atoms. The standard InChI is InChI=1S/C27H23N5O4/c1-34-22-13-11-19(12-14-22)25-23(18-32(30-25)21-8-3-2-4-9-21)27(33)35-16-6-10-24-29-26(31-36-24)20-7-5-15-28-17-20/h2-5,7-9,11-15,17-18H,6,10,16H2,1H3. The molecule has 0 atom stereocenters. The van der Waals surface area contributed by atoms with Crippen LogP contribution in [0.25, 0.3) is 28.3 Å². The molecule has 0 saturated carbocycles. The molecule has 0 aliphatic carbocycles. The Morgan fingerprint density at radius 2 is 1.83 bits per heavy atom. The summed E-state index contributed by atoms with van der Waals surface area (Å²) in [7, 11) is 1.61. The third kappa shape index (κ3) is 5.15. The molecule has 3 heterocycles. The predicted molar refractivity (Wildman–Crippen MR) is 132 cm³/mol. The predicted octanol–water partition coefficient (Wildman–Crippen LogP) is 4.78. The van der Waals surface area contributed by atoms with Gasteiger partial charge in [-0.3, -0.25) is 4.98 Å². The van der Waals surface area contributed by atoms with Crippen molar-refractivity contribution in [1.29, 1.82) is 0 Å². The first kappa shape index (κ1) is 23.0. The Morgan fingerprint density at radius 1 is 1.00 bits per heavy atom. The van der Waals surface area contributed by atoms with E-state index in [1.54, 1.807) is 30.4 Å². The zero-order valence-corrected chi connectivity index (χ0v) is 19.6. The molecule has 3 aromatic heterocycles. The summed E-state index contributed by atoms with van der Waals surface area (Å²) < 4.78 is 17.8. The Balaban J connectivity index is 1.27. The number of para-hydroxylation sites is 1. The highest BCUT2D eigenvalue weighted by Gasteiger charge is 2.20. The highest BCUT2D eigenvalue weighted by Crippen LogP contribution is 2.26. The lowest BCUT2D eigenvalue weighted by molar-refractivity contribution is 0.0499. The van der Waals surface area contributed by atoms with E-state index in [0.29, 0.717) is 35.8 Å². The van der Waals surface area contributed by atoms with Gasteiger partial charge in [-0.25, -0.2) is 9.48 Å². The minimum absolute atomic E-state index is 0.196. The van der Waals surface area contributed by atoms with Gasteiger partial charge >= 0.3 is 5.97 Å². The fourth-order valence-corrected chi connectivity index (χ4v) is 3.63. The van der Waals surface area contributed by atoms with Crippen molar-refractivity contribution in [2.75, 3.05) is 13.7 Å². The van der Waals surface area contributed by atoms with Crippen LogP contribution < -0.4 is 4.74 Å². The molecule has 0 fully saturated rings. The van der Waals surface area contributed by atoms with Crippen LogP contribution in [-0.2, 0) is 11.2 Å². The number of pyridine rings is 1. The Hall–Kier alpha value is -4.79. The van der Waals surface area contributed by atoms with Crippen molar-refractivity contribution in [3.8, 4) is 34.1 Å². The van der Waals surface area contributed by atoms with Gasteiger partial charge in [0.25, 0.3) is 0 Å². The maximum atomic E-state index is 13.0. The number of methoxy groups -OCH3 is 1. The smallest absolute Gasteiger partial charge is 0.342 e. The maximum absolute atomic E-state index is 13.0. The van der Waals surface area contributed by atoms with Gasteiger partial charge in [0.2, 0.25) is 11.7 Å². The molecule has 180 valence electrons. The summed E-state index contributed by atoms with van der Waals surface area (Å²) in [5.74, 6) is 1.22. The second-order valence-electron chi connectivity index (χ2n) is 7.89. The van der Waals surface area contributed by atoms with Crippen molar-refractivity contribution in [3.05, 3.63) is 96.8 Å². The summed E-state index contributed by atoms with van der Waals surface area (Å²) in [6.45, 7) is 0.196. The minimum Gasteiger partial charge on any atom is -0.497 e. The van der Waals surface area contributed by atoms with Gasteiger partial charge in [0.1, 0.15) is 17.0 Å². The summed E-state index contributed by atoms with van der Waals surface area (Å²) in [6.07, 6.45) is 6.06. The van der Waals surface area contributed by atoms with Gasteiger partial charge in [-0.15, -0.1) is 0 Å². The van der Waals surface area contributed by atoms with Crippen LogP contribution in [0, 0.1) is 0 Å². The van der Waals surface area contributed by atoms with Gasteiger partial charge in [-0.05, 0) is 55.0 Å². The molecule has 5 rings (SSSR count). The number of carbonyl (C=O) groups excluding carboxylic acids is 1. The van der Waals surface area contributed by atoms with E-state index in [2.05, 4.69) is 20.2 Å². The first-order valence-electron chi connectivity index (χ1n) is 11.4. The number of benzene rings is 2. The number of hydrogen-bond donors (Lipinski definition) is 0. The Labute approximate surface area is 207 Å². The van der Waals surface area contributed by atoms with Crippen molar-refractivity contribution < 1.29 is 18.8 Å². The van der Waals surface area contributed by atoms with Crippen LogP contribution in [0.4, 0.5) is 0 Å². The summed E-state index contributed by atoms with van der Waals surface area (Å²) in [6, 6.07) is 20.7. The third-order valence-electron chi connectivity index (χ3n) is 5.47. The highest BCUT2D eigenvalue weighted by atomic mass is 16.5. The topological polar surface area (TPSA) is 105 Å². The van der Waals surface area contributed by atoms with Gasteiger partial charge in [-0.1, -0.05) is 23.4 Å². The third-order valence-corrected chi connectivity index (χ3v) is 5.47. The van der Waals surface area contributed by atoms with Gasteiger partial charge in [0, 0.05) is 36.1 Å².